The number of allylic oxidation sites excluding steroid dienone is 3. The molecule has 3 fully saturated rings. The van der Waals surface area contributed by atoms with Crippen LogP contribution in [0.4, 0.5) is 0 Å². The van der Waals surface area contributed by atoms with E-state index in [2.05, 4.69) is 19.9 Å². The van der Waals surface area contributed by atoms with Crippen molar-refractivity contribution in [1.29, 1.82) is 0 Å². The van der Waals surface area contributed by atoms with E-state index >= 15 is 0 Å². The second-order valence-corrected chi connectivity index (χ2v) is 9.37. The van der Waals surface area contributed by atoms with E-state index < -0.39 is 18.3 Å². The molecule has 0 aromatic heterocycles. The third-order valence-corrected chi connectivity index (χ3v) is 8.08. The van der Waals surface area contributed by atoms with Gasteiger partial charge in [0, 0.05) is 12.3 Å². The lowest BCUT2D eigenvalue weighted by molar-refractivity contribution is -0.170. The highest BCUT2D eigenvalue weighted by atomic mass is 16.6. The Balaban J connectivity index is 1.69. The lowest BCUT2D eigenvalue weighted by Crippen LogP contribution is -2.57. The van der Waals surface area contributed by atoms with Gasteiger partial charge in [-0.05, 0) is 66.9 Å². The molecule has 4 aliphatic rings. The van der Waals surface area contributed by atoms with Crippen LogP contribution in [0.5, 0.6) is 0 Å². The largest absolute Gasteiger partial charge is 0.508 e. The number of aliphatic hydroxyl groups is 3. The van der Waals surface area contributed by atoms with Crippen molar-refractivity contribution >= 4 is 5.97 Å². The van der Waals surface area contributed by atoms with Crippen LogP contribution in [0.3, 0.4) is 0 Å². The van der Waals surface area contributed by atoms with Gasteiger partial charge in [-0.2, -0.15) is 0 Å². The molecule has 0 bridgehead atoms. The molecule has 0 heterocycles. The lowest BCUT2D eigenvalue weighted by atomic mass is 9.46. The van der Waals surface area contributed by atoms with Gasteiger partial charge < -0.3 is 20.1 Å². The fourth-order valence-corrected chi connectivity index (χ4v) is 6.79. The van der Waals surface area contributed by atoms with Crippen molar-refractivity contribution in [3.63, 3.8) is 0 Å². The first-order chi connectivity index (χ1) is 12.2. The SMILES string of the molecule is CC(=O)O[C@H]1[C@H](O)CC2C3C(O)C[C@H]4C=C(O)C=C[C@]4(C)C3CC[C@@]21C. The molecule has 0 saturated heterocycles. The quantitative estimate of drug-likeness (QED) is 0.625. The zero-order valence-electron chi connectivity index (χ0n) is 15.8. The van der Waals surface area contributed by atoms with Crippen molar-refractivity contribution in [3.05, 3.63) is 24.0 Å². The highest BCUT2D eigenvalue weighted by Crippen LogP contribution is 2.65. The van der Waals surface area contributed by atoms with E-state index in [0.717, 1.165) is 12.8 Å². The van der Waals surface area contributed by atoms with Crippen LogP contribution in [0.15, 0.2) is 24.0 Å². The molecule has 3 N–H and O–H groups in total. The summed E-state index contributed by atoms with van der Waals surface area (Å²) < 4.78 is 5.53. The number of ether oxygens (including phenoxy) is 1. The second kappa shape index (κ2) is 5.83. The molecule has 0 aliphatic heterocycles. The number of hydrogen-bond donors (Lipinski definition) is 3. The van der Waals surface area contributed by atoms with Crippen molar-refractivity contribution in [2.24, 2.45) is 34.5 Å². The summed E-state index contributed by atoms with van der Waals surface area (Å²) in [6, 6.07) is 0. The monoisotopic (exact) mass is 362 g/mol. The predicted octanol–water partition coefficient (Wildman–Crippen LogP) is 2.73. The van der Waals surface area contributed by atoms with Crippen LogP contribution in [0.25, 0.3) is 0 Å². The normalized spacial score (nSPS) is 52.5. The molecule has 5 heteroatoms. The first-order valence-corrected chi connectivity index (χ1v) is 9.80. The Morgan fingerprint density at radius 2 is 1.92 bits per heavy atom. The van der Waals surface area contributed by atoms with E-state index in [0.29, 0.717) is 18.8 Å². The van der Waals surface area contributed by atoms with Crippen molar-refractivity contribution in [1.82, 2.24) is 0 Å². The molecule has 4 unspecified atom stereocenters. The maximum Gasteiger partial charge on any atom is 0.303 e. The molecule has 3 saturated carbocycles. The van der Waals surface area contributed by atoms with E-state index in [1.54, 1.807) is 6.08 Å². The zero-order chi connectivity index (χ0) is 18.9. The number of carbonyl (C=O) groups is 1. The average molecular weight is 362 g/mol. The molecule has 144 valence electrons. The molecule has 9 atom stereocenters. The van der Waals surface area contributed by atoms with Crippen LogP contribution in [0.1, 0.15) is 46.5 Å². The Hall–Kier alpha value is -1.33. The average Bonchev–Trinajstić information content (AvgIpc) is 2.80. The third-order valence-electron chi connectivity index (χ3n) is 8.08. The van der Waals surface area contributed by atoms with Crippen molar-refractivity contribution < 1.29 is 24.9 Å². The summed E-state index contributed by atoms with van der Waals surface area (Å²) in [6.45, 7) is 5.74. The van der Waals surface area contributed by atoms with E-state index in [-0.39, 0.29) is 40.3 Å². The van der Waals surface area contributed by atoms with Gasteiger partial charge in [-0.3, -0.25) is 4.79 Å². The maximum atomic E-state index is 11.6. The minimum Gasteiger partial charge on any atom is -0.508 e. The van der Waals surface area contributed by atoms with Gasteiger partial charge >= 0.3 is 5.97 Å². The number of hydrogen-bond acceptors (Lipinski definition) is 5. The van der Waals surface area contributed by atoms with E-state index in [1.165, 1.54) is 6.92 Å². The summed E-state index contributed by atoms with van der Waals surface area (Å²) in [7, 11) is 0. The molecular weight excluding hydrogens is 332 g/mol. The number of fused-ring (bicyclic) bond motifs is 5. The standard InChI is InChI=1S/C21H30O5/c1-11(22)26-19-17(25)10-15-18-14(5-7-21(15,19)3)20(2)6-4-13(23)8-12(20)9-16(18)24/h4,6,8,12,14-19,23-25H,5,7,9-10H2,1-3H3/t12-,14?,15?,16?,17-,18?,19+,20+,21+/m1/s1. The Bertz CT molecular complexity index is 669. The van der Waals surface area contributed by atoms with Crippen LogP contribution in [0, 0.1) is 34.5 Å². The fourth-order valence-electron chi connectivity index (χ4n) is 6.79. The summed E-state index contributed by atoms with van der Waals surface area (Å²) >= 11 is 0. The Morgan fingerprint density at radius 3 is 2.62 bits per heavy atom. The summed E-state index contributed by atoms with van der Waals surface area (Å²) in [6.07, 6.45) is 7.13. The molecule has 0 aromatic rings. The molecule has 0 aromatic carbocycles. The fraction of sp³-hybridized carbons (Fsp3) is 0.762. The van der Waals surface area contributed by atoms with Crippen LogP contribution in [0.2, 0.25) is 0 Å². The van der Waals surface area contributed by atoms with Crippen LogP contribution in [-0.4, -0.2) is 39.6 Å². The first kappa shape index (κ1) is 18.1. The van der Waals surface area contributed by atoms with Crippen LogP contribution >= 0.6 is 0 Å². The van der Waals surface area contributed by atoms with Gasteiger partial charge in [-0.1, -0.05) is 19.9 Å². The molecule has 4 rings (SSSR count). The smallest absolute Gasteiger partial charge is 0.303 e. The van der Waals surface area contributed by atoms with Gasteiger partial charge in [0.2, 0.25) is 0 Å². The first-order valence-electron chi connectivity index (χ1n) is 9.80. The summed E-state index contributed by atoms with van der Waals surface area (Å²) in [5, 5.41) is 31.6. The van der Waals surface area contributed by atoms with Crippen molar-refractivity contribution in [2.75, 3.05) is 0 Å². The minimum absolute atomic E-state index is 0.0727. The molecule has 26 heavy (non-hydrogen) atoms. The second-order valence-electron chi connectivity index (χ2n) is 9.37. The van der Waals surface area contributed by atoms with Gasteiger partial charge in [-0.15, -0.1) is 0 Å². The molecule has 5 nitrogen and oxygen atoms in total. The van der Waals surface area contributed by atoms with Gasteiger partial charge in [0.05, 0.1) is 12.2 Å². The number of esters is 1. The number of carbonyl (C=O) groups excluding carboxylic acids is 1. The topological polar surface area (TPSA) is 87.0 Å². The highest BCUT2D eigenvalue weighted by molar-refractivity contribution is 5.66. The van der Waals surface area contributed by atoms with Gasteiger partial charge in [0.1, 0.15) is 11.9 Å². The van der Waals surface area contributed by atoms with E-state index in [9.17, 15) is 20.1 Å². The van der Waals surface area contributed by atoms with Crippen LogP contribution in [-0.2, 0) is 9.53 Å². The molecule has 0 radical (unpaired) electrons. The van der Waals surface area contributed by atoms with Crippen molar-refractivity contribution in [3.8, 4) is 0 Å². The molecule has 4 aliphatic carbocycles. The zero-order valence-corrected chi connectivity index (χ0v) is 15.8. The Morgan fingerprint density at radius 1 is 1.19 bits per heavy atom. The molecule has 0 spiro atoms. The lowest BCUT2D eigenvalue weighted by Gasteiger charge is -2.59. The van der Waals surface area contributed by atoms with Gasteiger partial charge in [0.25, 0.3) is 0 Å². The van der Waals surface area contributed by atoms with Gasteiger partial charge in [0.15, 0.2) is 0 Å². The maximum absolute atomic E-state index is 11.6. The van der Waals surface area contributed by atoms with E-state index in [4.69, 9.17) is 4.74 Å². The summed E-state index contributed by atoms with van der Waals surface area (Å²) in [5.74, 6) is 0.543. The van der Waals surface area contributed by atoms with Crippen LogP contribution < -0.4 is 0 Å². The molecular formula is C21H30O5. The van der Waals surface area contributed by atoms with Gasteiger partial charge in [-0.25, -0.2) is 0 Å². The Kier molecular flexibility index (Phi) is 4.05. The predicted molar refractivity (Wildman–Crippen MR) is 96.1 cm³/mol. The molecule has 0 amide bonds. The number of aliphatic hydroxyl groups excluding tert-OH is 3. The highest BCUT2D eigenvalue weighted by Gasteiger charge is 2.64. The minimum atomic E-state index is -0.670. The Labute approximate surface area is 154 Å². The number of rotatable bonds is 1. The summed E-state index contributed by atoms with van der Waals surface area (Å²) in [5.41, 5.74) is -0.394. The van der Waals surface area contributed by atoms with E-state index in [1.807, 2.05) is 6.08 Å². The third kappa shape index (κ3) is 2.40. The summed E-state index contributed by atoms with van der Waals surface area (Å²) in [4.78, 5) is 11.6. The van der Waals surface area contributed by atoms with Crippen molar-refractivity contribution in [2.45, 2.75) is 64.8 Å².